The Kier molecular flexibility index (Phi) is 7.05. The molecule has 2 rings (SSSR count). The van der Waals surface area contributed by atoms with Gasteiger partial charge in [0.25, 0.3) is 0 Å². The number of likely N-dealkylation sites (N-methyl/N-ethyl adjacent to an activating group) is 1. The molecule has 26 heavy (non-hydrogen) atoms. The highest BCUT2D eigenvalue weighted by Gasteiger charge is 2.12. The Morgan fingerprint density at radius 3 is 2.42 bits per heavy atom. The van der Waals surface area contributed by atoms with Crippen molar-refractivity contribution >= 4 is 46.4 Å². The van der Waals surface area contributed by atoms with E-state index in [1.807, 2.05) is 0 Å². The Balaban J connectivity index is 1.85. The number of rotatable bonds is 6. The second-order valence-corrected chi connectivity index (χ2v) is 6.46. The first kappa shape index (κ1) is 19.8. The minimum absolute atomic E-state index is 0.0246. The van der Waals surface area contributed by atoms with Gasteiger partial charge in [-0.15, -0.1) is 6.42 Å². The predicted octanol–water partition coefficient (Wildman–Crippen LogP) is 3.48. The smallest absolute Gasteiger partial charge is 0.238 e. The normalized spacial score (nSPS) is 10.3. The molecule has 0 aromatic heterocycles. The summed E-state index contributed by atoms with van der Waals surface area (Å²) >= 11 is 11.8. The molecule has 134 valence electrons. The van der Waals surface area contributed by atoms with Crippen molar-refractivity contribution in [2.45, 2.75) is 0 Å². The lowest BCUT2D eigenvalue weighted by atomic mass is 10.2. The molecule has 2 aromatic rings. The van der Waals surface area contributed by atoms with Gasteiger partial charge in [-0.05, 0) is 43.4 Å². The molecule has 0 saturated heterocycles. The van der Waals surface area contributed by atoms with Crippen molar-refractivity contribution in [3.05, 3.63) is 58.1 Å². The Morgan fingerprint density at radius 1 is 1.08 bits per heavy atom. The quantitative estimate of drug-likeness (QED) is 0.743. The number of nitrogens with zero attached hydrogens (tertiary/aromatic N) is 1. The van der Waals surface area contributed by atoms with Crippen molar-refractivity contribution in [3.8, 4) is 12.3 Å². The molecule has 0 heterocycles. The average Bonchev–Trinajstić information content (AvgIpc) is 2.57. The summed E-state index contributed by atoms with van der Waals surface area (Å²) in [6, 6.07) is 11.8. The van der Waals surface area contributed by atoms with Gasteiger partial charge in [0.15, 0.2) is 0 Å². The summed E-state index contributed by atoms with van der Waals surface area (Å²) in [7, 11) is 1.67. The third-order valence-corrected chi connectivity index (χ3v) is 3.89. The van der Waals surface area contributed by atoms with Crippen LogP contribution in [0.1, 0.15) is 5.56 Å². The third-order valence-electron chi connectivity index (χ3n) is 3.35. The molecular weight excluding hydrogens is 373 g/mol. The van der Waals surface area contributed by atoms with Gasteiger partial charge in [0.1, 0.15) is 0 Å². The lowest BCUT2D eigenvalue weighted by Crippen LogP contribution is -2.36. The topological polar surface area (TPSA) is 61.4 Å². The van der Waals surface area contributed by atoms with Crippen molar-refractivity contribution in [1.82, 2.24) is 4.90 Å². The van der Waals surface area contributed by atoms with Gasteiger partial charge in [0.05, 0.1) is 23.8 Å². The molecule has 0 aliphatic carbocycles. The summed E-state index contributed by atoms with van der Waals surface area (Å²) in [6.07, 6.45) is 5.34. The van der Waals surface area contributed by atoms with Gasteiger partial charge in [-0.3, -0.25) is 14.5 Å². The van der Waals surface area contributed by atoms with Crippen LogP contribution in [0.15, 0.2) is 42.5 Å². The van der Waals surface area contributed by atoms with Crippen molar-refractivity contribution in [3.63, 3.8) is 0 Å². The Bertz CT molecular complexity index is 862. The third kappa shape index (κ3) is 6.08. The van der Waals surface area contributed by atoms with E-state index in [2.05, 4.69) is 16.6 Å². The van der Waals surface area contributed by atoms with Crippen LogP contribution in [0.3, 0.4) is 0 Å². The number of terminal acetylenes is 1. The number of benzene rings is 2. The average molecular weight is 390 g/mol. The maximum atomic E-state index is 12.1. The zero-order valence-electron chi connectivity index (χ0n) is 14.1. The highest BCUT2D eigenvalue weighted by atomic mass is 35.5. The molecule has 0 aliphatic heterocycles. The molecule has 2 N–H and O–H groups in total. The maximum Gasteiger partial charge on any atom is 0.238 e. The van der Waals surface area contributed by atoms with Gasteiger partial charge in [-0.25, -0.2) is 0 Å². The van der Waals surface area contributed by atoms with Gasteiger partial charge in [-0.1, -0.05) is 35.2 Å². The Morgan fingerprint density at radius 2 is 1.77 bits per heavy atom. The summed E-state index contributed by atoms with van der Waals surface area (Å²) in [5.41, 5.74) is 1.75. The van der Waals surface area contributed by atoms with Gasteiger partial charge >= 0.3 is 0 Å². The van der Waals surface area contributed by atoms with E-state index in [-0.39, 0.29) is 24.9 Å². The van der Waals surface area contributed by atoms with Crippen LogP contribution >= 0.6 is 23.2 Å². The van der Waals surface area contributed by atoms with Crippen LogP contribution in [0.5, 0.6) is 0 Å². The zero-order valence-corrected chi connectivity index (χ0v) is 15.6. The second-order valence-electron chi connectivity index (χ2n) is 5.62. The molecule has 0 unspecified atom stereocenters. The standard InChI is InChI=1S/C19H17Cl2N3O2/c1-3-13-5-4-6-15(9-13)22-18(25)11-24(2)12-19(26)23-17-8-7-14(20)10-16(17)21/h1,4-10H,11-12H2,2H3,(H,22,25)(H,23,26). The lowest BCUT2D eigenvalue weighted by Gasteiger charge is -2.16. The van der Waals surface area contributed by atoms with E-state index in [4.69, 9.17) is 29.6 Å². The van der Waals surface area contributed by atoms with Crippen LogP contribution in [0.25, 0.3) is 0 Å². The monoisotopic (exact) mass is 389 g/mol. The van der Waals surface area contributed by atoms with Crippen molar-refractivity contribution in [2.75, 3.05) is 30.8 Å². The molecular formula is C19H17Cl2N3O2. The summed E-state index contributed by atoms with van der Waals surface area (Å²) in [5.74, 6) is 1.96. The van der Waals surface area contributed by atoms with Crippen LogP contribution in [-0.2, 0) is 9.59 Å². The predicted molar refractivity (Wildman–Crippen MR) is 106 cm³/mol. The molecule has 0 bridgehead atoms. The van der Waals surface area contributed by atoms with Crippen molar-refractivity contribution < 1.29 is 9.59 Å². The van der Waals surface area contributed by atoms with E-state index < -0.39 is 0 Å². The molecule has 0 saturated carbocycles. The number of anilines is 2. The van der Waals surface area contributed by atoms with Crippen LogP contribution in [0.4, 0.5) is 11.4 Å². The van der Waals surface area contributed by atoms with Gasteiger partial charge in [0, 0.05) is 16.3 Å². The Hall–Kier alpha value is -2.52. The van der Waals surface area contributed by atoms with Gasteiger partial charge < -0.3 is 10.6 Å². The first-order valence-corrected chi connectivity index (χ1v) is 8.43. The Labute approximate surface area is 162 Å². The van der Waals surface area contributed by atoms with E-state index in [0.717, 1.165) is 0 Å². The molecule has 0 aliphatic rings. The molecule has 2 aromatic carbocycles. The summed E-state index contributed by atoms with van der Waals surface area (Å²) in [5, 5.41) is 6.25. The lowest BCUT2D eigenvalue weighted by molar-refractivity contribution is -0.119. The molecule has 5 nitrogen and oxygen atoms in total. The first-order chi connectivity index (χ1) is 12.4. The minimum Gasteiger partial charge on any atom is -0.325 e. The number of halogens is 2. The van der Waals surface area contributed by atoms with Crippen molar-refractivity contribution in [2.24, 2.45) is 0 Å². The van der Waals surface area contributed by atoms with Crippen LogP contribution in [0.2, 0.25) is 10.0 Å². The molecule has 7 heteroatoms. The summed E-state index contributed by atoms with van der Waals surface area (Å²) in [6.45, 7) is 0.0683. The number of carbonyl (C=O) groups is 2. The SMILES string of the molecule is C#Cc1cccc(NC(=O)CN(C)CC(=O)Nc2ccc(Cl)cc2Cl)c1. The minimum atomic E-state index is -0.293. The van der Waals surface area contributed by atoms with Gasteiger partial charge in [0.2, 0.25) is 11.8 Å². The number of amides is 2. The maximum absolute atomic E-state index is 12.1. The molecule has 0 atom stereocenters. The fourth-order valence-corrected chi connectivity index (χ4v) is 2.67. The van der Waals surface area contributed by atoms with E-state index in [1.54, 1.807) is 54.4 Å². The molecule has 2 amide bonds. The van der Waals surface area contributed by atoms with Crippen LogP contribution < -0.4 is 10.6 Å². The fourth-order valence-electron chi connectivity index (χ4n) is 2.21. The summed E-state index contributed by atoms with van der Waals surface area (Å²) < 4.78 is 0. The number of carbonyl (C=O) groups excluding carboxylic acids is 2. The first-order valence-electron chi connectivity index (χ1n) is 7.67. The van der Waals surface area contributed by atoms with Crippen LogP contribution in [0, 0.1) is 12.3 Å². The van der Waals surface area contributed by atoms with Gasteiger partial charge in [-0.2, -0.15) is 0 Å². The van der Waals surface area contributed by atoms with E-state index >= 15 is 0 Å². The van der Waals surface area contributed by atoms with Crippen LogP contribution in [-0.4, -0.2) is 36.9 Å². The second kappa shape index (κ2) is 9.25. The number of hydrogen-bond donors (Lipinski definition) is 2. The highest BCUT2D eigenvalue weighted by Crippen LogP contribution is 2.25. The van der Waals surface area contributed by atoms with E-state index in [1.165, 1.54) is 0 Å². The number of nitrogens with one attached hydrogen (secondary N) is 2. The highest BCUT2D eigenvalue weighted by molar-refractivity contribution is 6.36. The molecule has 0 radical (unpaired) electrons. The van der Waals surface area contributed by atoms with Crippen molar-refractivity contribution in [1.29, 1.82) is 0 Å². The number of hydrogen-bond acceptors (Lipinski definition) is 3. The zero-order chi connectivity index (χ0) is 19.1. The summed E-state index contributed by atoms with van der Waals surface area (Å²) in [4.78, 5) is 25.7. The molecule has 0 spiro atoms. The van der Waals surface area contributed by atoms with E-state index in [0.29, 0.717) is 27.0 Å². The van der Waals surface area contributed by atoms with E-state index in [9.17, 15) is 9.59 Å². The molecule has 0 fully saturated rings. The fraction of sp³-hybridized carbons (Fsp3) is 0.158. The largest absolute Gasteiger partial charge is 0.325 e.